The molecular weight excluding hydrogens is 528 g/mol. The minimum absolute atomic E-state index is 0.00895. The number of aromatic hydroxyl groups is 1. The van der Waals surface area contributed by atoms with Crippen LogP contribution in [0.4, 0.5) is 0 Å². The van der Waals surface area contributed by atoms with Crippen molar-refractivity contribution in [3.8, 4) is 11.5 Å². The second-order valence-corrected chi connectivity index (χ2v) is 8.95. The molecule has 1 heterocycles. The Labute approximate surface area is 230 Å². The monoisotopic (exact) mass is 558 g/mol. The molecule has 214 valence electrons. The first-order valence-corrected chi connectivity index (χ1v) is 12.3. The average Bonchev–Trinajstić information content (AvgIpc) is 2.86. The van der Waals surface area contributed by atoms with Crippen LogP contribution >= 0.6 is 0 Å². The van der Waals surface area contributed by atoms with Gasteiger partial charge in [-0.15, -0.1) is 0 Å². The van der Waals surface area contributed by atoms with E-state index < -0.39 is 61.2 Å². The fourth-order valence-electron chi connectivity index (χ4n) is 4.11. The fraction of sp³-hybridized carbons (Fsp3) is 0.393. The van der Waals surface area contributed by atoms with Gasteiger partial charge in [0.15, 0.2) is 18.0 Å². The first-order valence-electron chi connectivity index (χ1n) is 12.3. The Morgan fingerprint density at radius 3 is 1.95 bits per heavy atom. The van der Waals surface area contributed by atoms with Gasteiger partial charge >= 0.3 is 23.9 Å². The van der Waals surface area contributed by atoms with Gasteiger partial charge in [-0.2, -0.15) is 0 Å². The summed E-state index contributed by atoms with van der Waals surface area (Å²) in [5.41, 5.74) is 0.822. The van der Waals surface area contributed by atoms with E-state index in [4.69, 9.17) is 28.4 Å². The second kappa shape index (κ2) is 13.6. The van der Waals surface area contributed by atoms with Crippen molar-refractivity contribution in [1.82, 2.24) is 0 Å². The van der Waals surface area contributed by atoms with Gasteiger partial charge < -0.3 is 33.5 Å². The molecule has 0 spiro atoms. The first kappa shape index (κ1) is 30.1. The molecule has 1 N–H and O–H groups in total. The van der Waals surface area contributed by atoms with Crippen molar-refractivity contribution in [1.29, 1.82) is 0 Å². The van der Waals surface area contributed by atoms with Crippen molar-refractivity contribution < 1.29 is 57.5 Å². The smallest absolute Gasteiger partial charge is 0.303 e. The van der Waals surface area contributed by atoms with Gasteiger partial charge in [0.05, 0.1) is 5.56 Å². The molecule has 0 aromatic heterocycles. The second-order valence-electron chi connectivity index (χ2n) is 8.95. The van der Waals surface area contributed by atoms with Crippen LogP contribution in [0.15, 0.2) is 48.5 Å². The lowest BCUT2D eigenvalue weighted by Gasteiger charge is -2.43. The number of rotatable bonds is 10. The number of carbonyl (C=O) groups is 5. The molecule has 5 atom stereocenters. The van der Waals surface area contributed by atoms with Gasteiger partial charge in [-0.25, -0.2) is 0 Å². The number of phenols is 1. The summed E-state index contributed by atoms with van der Waals surface area (Å²) in [6.45, 7) is 4.06. The van der Waals surface area contributed by atoms with E-state index in [-0.39, 0.29) is 29.3 Å². The summed E-state index contributed by atoms with van der Waals surface area (Å²) in [7, 11) is 0. The highest BCUT2D eigenvalue weighted by Crippen LogP contribution is 2.32. The Bertz CT molecular complexity index is 1240. The molecule has 1 aliphatic heterocycles. The summed E-state index contributed by atoms with van der Waals surface area (Å²) in [6.07, 6.45) is -6.81. The Balaban J connectivity index is 1.91. The van der Waals surface area contributed by atoms with Gasteiger partial charge in [-0.1, -0.05) is 30.3 Å². The van der Waals surface area contributed by atoms with Gasteiger partial charge in [0.1, 0.15) is 24.2 Å². The van der Waals surface area contributed by atoms with Crippen LogP contribution in [0.2, 0.25) is 0 Å². The Hall–Kier alpha value is -4.45. The first-order chi connectivity index (χ1) is 18.9. The van der Waals surface area contributed by atoms with Crippen LogP contribution in [-0.2, 0) is 49.3 Å². The number of Topliss-reactive ketones (excluding diaryl/α,β-unsaturated/α-hetero) is 1. The van der Waals surface area contributed by atoms with Crippen molar-refractivity contribution in [2.24, 2.45) is 0 Å². The number of hydrogen-bond donors (Lipinski definition) is 1. The lowest BCUT2D eigenvalue weighted by Crippen LogP contribution is -2.63. The number of esters is 4. The molecule has 0 aliphatic carbocycles. The molecule has 12 heteroatoms. The number of phenolic OH excluding ortho intramolecular Hbond substituents is 1. The molecule has 3 rings (SSSR count). The van der Waals surface area contributed by atoms with Crippen molar-refractivity contribution in [3.05, 3.63) is 59.7 Å². The van der Waals surface area contributed by atoms with Crippen molar-refractivity contribution in [3.63, 3.8) is 0 Å². The van der Waals surface area contributed by atoms with E-state index >= 15 is 0 Å². The molecule has 2 aromatic rings. The lowest BCUT2D eigenvalue weighted by molar-refractivity contribution is -0.288. The lowest BCUT2D eigenvalue weighted by atomic mass is 9.98. The van der Waals surface area contributed by atoms with Crippen LogP contribution in [0.3, 0.4) is 0 Å². The number of ketones is 1. The van der Waals surface area contributed by atoms with E-state index in [9.17, 15) is 29.1 Å². The average molecular weight is 559 g/mol. The molecule has 1 fully saturated rings. The van der Waals surface area contributed by atoms with E-state index in [0.717, 1.165) is 33.3 Å². The Morgan fingerprint density at radius 1 is 0.775 bits per heavy atom. The Kier molecular flexibility index (Phi) is 10.2. The molecule has 0 radical (unpaired) electrons. The van der Waals surface area contributed by atoms with Crippen molar-refractivity contribution in [2.45, 2.75) is 64.8 Å². The summed E-state index contributed by atoms with van der Waals surface area (Å²) in [4.78, 5) is 60.0. The maximum atomic E-state index is 12.7. The maximum absolute atomic E-state index is 12.7. The zero-order valence-corrected chi connectivity index (χ0v) is 22.4. The maximum Gasteiger partial charge on any atom is 0.303 e. The third-order valence-corrected chi connectivity index (χ3v) is 5.68. The van der Waals surface area contributed by atoms with Crippen molar-refractivity contribution in [2.75, 3.05) is 6.61 Å². The standard InChI is InChI=1S/C28H30O12/c1-15(29)35-14-24-25(36-16(2)30)26(37-17(3)31)27(38-18(4)32)28(40-24)39-20-10-11-21(23(34)13-20)22(33)12-19-8-6-5-7-9-19/h5-11,13,24-28,34H,12,14H2,1-4H3/t24-,25-,26-,27-,28+/m0/s1. The van der Waals surface area contributed by atoms with Gasteiger partial charge in [-0.05, 0) is 17.7 Å². The third-order valence-electron chi connectivity index (χ3n) is 5.68. The highest BCUT2D eigenvalue weighted by atomic mass is 16.7. The van der Waals surface area contributed by atoms with Crippen molar-refractivity contribution >= 4 is 29.7 Å². The Morgan fingerprint density at radius 2 is 1.38 bits per heavy atom. The minimum Gasteiger partial charge on any atom is -0.507 e. The van der Waals surface area contributed by atoms with Crippen LogP contribution in [-0.4, -0.2) is 72.1 Å². The van der Waals surface area contributed by atoms with E-state index in [1.54, 1.807) is 24.3 Å². The van der Waals surface area contributed by atoms with Crippen LogP contribution in [0.5, 0.6) is 11.5 Å². The number of carbonyl (C=O) groups excluding carboxylic acids is 5. The number of hydrogen-bond acceptors (Lipinski definition) is 12. The summed E-state index contributed by atoms with van der Waals surface area (Å²) in [5, 5.41) is 10.6. The molecule has 1 saturated heterocycles. The topological polar surface area (TPSA) is 161 Å². The van der Waals surface area contributed by atoms with Gasteiger partial charge in [0, 0.05) is 40.2 Å². The molecule has 40 heavy (non-hydrogen) atoms. The number of benzene rings is 2. The summed E-state index contributed by atoms with van der Waals surface area (Å²) in [5.74, 6) is -3.69. The largest absolute Gasteiger partial charge is 0.507 e. The van der Waals surface area contributed by atoms with E-state index in [1.807, 2.05) is 6.07 Å². The highest BCUT2D eigenvalue weighted by Gasteiger charge is 2.53. The highest BCUT2D eigenvalue weighted by molar-refractivity contribution is 6.00. The third kappa shape index (κ3) is 8.27. The van der Waals surface area contributed by atoms with Crippen LogP contribution in [0.25, 0.3) is 0 Å². The molecule has 0 unspecified atom stereocenters. The van der Waals surface area contributed by atoms with E-state index in [2.05, 4.69) is 0 Å². The summed E-state index contributed by atoms with van der Waals surface area (Å²) < 4.78 is 32.8. The van der Waals surface area contributed by atoms with Gasteiger partial charge in [-0.3, -0.25) is 24.0 Å². The van der Waals surface area contributed by atoms with Crippen LogP contribution in [0.1, 0.15) is 43.6 Å². The molecular formula is C28H30O12. The van der Waals surface area contributed by atoms with Crippen LogP contribution in [0, 0.1) is 0 Å². The summed E-state index contributed by atoms with van der Waals surface area (Å²) in [6, 6.07) is 12.9. The number of ether oxygens (including phenoxy) is 6. The van der Waals surface area contributed by atoms with Crippen LogP contribution < -0.4 is 4.74 Å². The predicted octanol–water partition coefficient (Wildman–Crippen LogP) is 2.28. The predicted molar refractivity (Wildman–Crippen MR) is 135 cm³/mol. The fourth-order valence-corrected chi connectivity index (χ4v) is 4.11. The normalized spacial score (nSPS) is 21.9. The zero-order valence-electron chi connectivity index (χ0n) is 22.4. The molecule has 0 amide bonds. The minimum atomic E-state index is -1.48. The summed E-state index contributed by atoms with van der Waals surface area (Å²) >= 11 is 0. The van der Waals surface area contributed by atoms with E-state index in [1.165, 1.54) is 18.2 Å². The quantitative estimate of drug-likeness (QED) is 0.258. The SMILES string of the molecule is CC(=O)OC[C@@H]1O[C@@H](Oc2ccc(C(=O)Cc3ccccc3)c(O)c2)[C@@H](OC(C)=O)[C@@H](OC(C)=O)[C@H]1OC(C)=O. The molecule has 0 bridgehead atoms. The van der Waals surface area contributed by atoms with Gasteiger partial charge in [0.2, 0.25) is 12.4 Å². The molecule has 12 nitrogen and oxygen atoms in total. The molecule has 0 saturated carbocycles. The zero-order chi connectivity index (χ0) is 29.4. The van der Waals surface area contributed by atoms with E-state index in [0.29, 0.717) is 0 Å². The molecule has 1 aliphatic rings. The molecule has 2 aromatic carbocycles. The van der Waals surface area contributed by atoms with Gasteiger partial charge in [0.25, 0.3) is 0 Å².